The molecule has 2 aliphatic rings. The predicted molar refractivity (Wildman–Crippen MR) is 77.9 cm³/mol. The molecule has 1 saturated heterocycles. The topological polar surface area (TPSA) is 58.4 Å². The second-order valence-electron chi connectivity index (χ2n) is 6.43. The molecule has 0 aromatic rings. The molecule has 3 N–H and O–H groups in total. The molecule has 1 aliphatic carbocycles. The largest absolute Gasteiger partial charge is 0.343 e. The van der Waals surface area contributed by atoms with Crippen LogP contribution < -0.4 is 11.1 Å². The second kappa shape index (κ2) is 6.71. The van der Waals surface area contributed by atoms with Gasteiger partial charge in [0, 0.05) is 19.5 Å². The summed E-state index contributed by atoms with van der Waals surface area (Å²) >= 11 is 0. The lowest BCUT2D eigenvalue weighted by Crippen LogP contribution is -2.46. The smallest absolute Gasteiger partial charge is 0.223 e. The normalized spacial score (nSPS) is 24.1. The Labute approximate surface area is 117 Å². The van der Waals surface area contributed by atoms with Crippen molar-refractivity contribution < 1.29 is 4.79 Å². The highest BCUT2D eigenvalue weighted by atomic mass is 16.2. The van der Waals surface area contributed by atoms with Gasteiger partial charge in [0.05, 0.1) is 0 Å². The SMILES string of the molecule is CN(C(=O)CC1(CN)CCCCC1)C1CCNCC1. The molecule has 110 valence electrons. The summed E-state index contributed by atoms with van der Waals surface area (Å²) in [4.78, 5) is 14.5. The molecule has 1 amide bonds. The highest BCUT2D eigenvalue weighted by molar-refractivity contribution is 5.77. The van der Waals surface area contributed by atoms with Crippen LogP contribution in [-0.2, 0) is 4.79 Å². The molecule has 0 aromatic carbocycles. The minimum Gasteiger partial charge on any atom is -0.343 e. The standard InChI is InChI=1S/C15H29N3O/c1-18(13-5-9-17-10-6-13)14(19)11-15(12-16)7-3-2-4-8-15/h13,17H,2-12,16H2,1H3. The number of piperidine rings is 1. The summed E-state index contributed by atoms with van der Waals surface area (Å²) in [7, 11) is 1.98. The summed E-state index contributed by atoms with van der Waals surface area (Å²) in [6, 6.07) is 0.423. The summed E-state index contributed by atoms with van der Waals surface area (Å²) in [5.74, 6) is 0.305. The number of carbonyl (C=O) groups excluding carboxylic acids is 1. The van der Waals surface area contributed by atoms with Crippen LogP contribution in [0.5, 0.6) is 0 Å². The number of hydrogen-bond acceptors (Lipinski definition) is 3. The summed E-state index contributed by atoms with van der Waals surface area (Å²) < 4.78 is 0. The number of amides is 1. The fourth-order valence-corrected chi connectivity index (χ4v) is 3.60. The number of nitrogens with one attached hydrogen (secondary N) is 1. The first-order chi connectivity index (χ1) is 9.17. The van der Waals surface area contributed by atoms with Crippen LogP contribution in [0.25, 0.3) is 0 Å². The maximum absolute atomic E-state index is 12.5. The van der Waals surface area contributed by atoms with E-state index in [-0.39, 0.29) is 5.41 Å². The van der Waals surface area contributed by atoms with Crippen molar-refractivity contribution in [3.8, 4) is 0 Å². The van der Waals surface area contributed by atoms with Crippen molar-refractivity contribution in [2.75, 3.05) is 26.7 Å². The number of rotatable bonds is 4. The Morgan fingerprint density at radius 1 is 1.26 bits per heavy atom. The lowest BCUT2D eigenvalue weighted by atomic mass is 9.71. The van der Waals surface area contributed by atoms with Crippen LogP contribution in [0.15, 0.2) is 0 Å². The van der Waals surface area contributed by atoms with Crippen molar-refractivity contribution in [2.24, 2.45) is 11.1 Å². The summed E-state index contributed by atoms with van der Waals surface area (Å²) in [6.45, 7) is 2.73. The summed E-state index contributed by atoms with van der Waals surface area (Å²) in [5.41, 5.74) is 6.08. The van der Waals surface area contributed by atoms with E-state index in [0.717, 1.165) is 38.8 Å². The highest BCUT2D eigenvalue weighted by Gasteiger charge is 2.35. The maximum atomic E-state index is 12.5. The number of nitrogens with two attached hydrogens (primary N) is 1. The van der Waals surface area contributed by atoms with Gasteiger partial charge in [-0.1, -0.05) is 19.3 Å². The molecule has 2 fully saturated rings. The van der Waals surface area contributed by atoms with Crippen molar-refractivity contribution in [1.82, 2.24) is 10.2 Å². The van der Waals surface area contributed by atoms with Gasteiger partial charge in [-0.3, -0.25) is 4.79 Å². The third-order valence-electron chi connectivity index (χ3n) is 5.12. The molecule has 0 atom stereocenters. The van der Waals surface area contributed by atoms with E-state index in [1.807, 2.05) is 11.9 Å². The summed E-state index contributed by atoms with van der Waals surface area (Å²) in [5, 5.41) is 3.35. The van der Waals surface area contributed by atoms with Crippen LogP contribution in [0.4, 0.5) is 0 Å². The Balaban J connectivity index is 1.90. The Kier molecular flexibility index (Phi) is 5.22. The zero-order valence-electron chi connectivity index (χ0n) is 12.3. The van der Waals surface area contributed by atoms with Gasteiger partial charge < -0.3 is 16.0 Å². The third kappa shape index (κ3) is 3.69. The first kappa shape index (κ1) is 14.8. The zero-order valence-corrected chi connectivity index (χ0v) is 12.3. The van der Waals surface area contributed by atoms with Crippen LogP contribution in [0, 0.1) is 5.41 Å². The van der Waals surface area contributed by atoms with Crippen molar-refractivity contribution in [3.63, 3.8) is 0 Å². The Morgan fingerprint density at radius 2 is 1.89 bits per heavy atom. The van der Waals surface area contributed by atoms with E-state index in [0.29, 0.717) is 24.9 Å². The van der Waals surface area contributed by atoms with Gasteiger partial charge in [-0.25, -0.2) is 0 Å². The van der Waals surface area contributed by atoms with E-state index < -0.39 is 0 Å². The molecule has 4 nitrogen and oxygen atoms in total. The number of hydrogen-bond donors (Lipinski definition) is 2. The van der Waals surface area contributed by atoms with Gasteiger partial charge in [0.25, 0.3) is 0 Å². The Morgan fingerprint density at radius 3 is 2.47 bits per heavy atom. The molecule has 4 heteroatoms. The zero-order chi connectivity index (χ0) is 13.7. The molecule has 1 saturated carbocycles. The fraction of sp³-hybridized carbons (Fsp3) is 0.933. The van der Waals surface area contributed by atoms with Gasteiger partial charge in [-0.15, -0.1) is 0 Å². The van der Waals surface area contributed by atoms with Gasteiger partial charge in [0.1, 0.15) is 0 Å². The van der Waals surface area contributed by atoms with Crippen molar-refractivity contribution in [1.29, 1.82) is 0 Å². The average Bonchev–Trinajstić information content (AvgIpc) is 2.48. The van der Waals surface area contributed by atoms with E-state index in [1.54, 1.807) is 0 Å². The van der Waals surface area contributed by atoms with E-state index in [2.05, 4.69) is 5.32 Å². The van der Waals surface area contributed by atoms with Crippen LogP contribution >= 0.6 is 0 Å². The molecule has 0 unspecified atom stereocenters. The molecular weight excluding hydrogens is 238 g/mol. The van der Waals surface area contributed by atoms with Gasteiger partial charge in [0.15, 0.2) is 0 Å². The second-order valence-corrected chi connectivity index (χ2v) is 6.43. The van der Waals surface area contributed by atoms with Crippen LogP contribution in [-0.4, -0.2) is 43.5 Å². The first-order valence-corrected chi connectivity index (χ1v) is 7.83. The first-order valence-electron chi connectivity index (χ1n) is 7.83. The molecule has 2 rings (SSSR count). The van der Waals surface area contributed by atoms with E-state index in [9.17, 15) is 4.79 Å². The molecule has 1 heterocycles. The Bertz CT molecular complexity index is 294. The minimum atomic E-state index is 0.0938. The lowest BCUT2D eigenvalue weighted by molar-refractivity contribution is -0.135. The van der Waals surface area contributed by atoms with Crippen molar-refractivity contribution in [2.45, 2.75) is 57.4 Å². The minimum absolute atomic E-state index is 0.0938. The van der Waals surface area contributed by atoms with Gasteiger partial charge in [-0.2, -0.15) is 0 Å². The fourth-order valence-electron chi connectivity index (χ4n) is 3.60. The van der Waals surface area contributed by atoms with Gasteiger partial charge in [-0.05, 0) is 50.7 Å². The van der Waals surface area contributed by atoms with Crippen molar-refractivity contribution >= 4 is 5.91 Å². The molecular formula is C15H29N3O. The van der Waals surface area contributed by atoms with Crippen LogP contribution in [0.3, 0.4) is 0 Å². The van der Waals surface area contributed by atoms with E-state index in [4.69, 9.17) is 5.73 Å². The Hall–Kier alpha value is -0.610. The maximum Gasteiger partial charge on any atom is 0.223 e. The monoisotopic (exact) mass is 267 g/mol. The quantitative estimate of drug-likeness (QED) is 0.811. The van der Waals surface area contributed by atoms with Crippen LogP contribution in [0.1, 0.15) is 51.4 Å². The highest BCUT2D eigenvalue weighted by Crippen LogP contribution is 2.38. The van der Waals surface area contributed by atoms with E-state index >= 15 is 0 Å². The van der Waals surface area contributed by atoms with E-state index in [1.165, 1.54) is 19.3 Å². The van der Waals surface area contributed by atoms with Gasteiger partial charge >= 0.3 is 0 Å². The molecule has 1 aliphatic heterocycles. The number of carbonyl (C=O) groups is 1. The molecule has 0 aromatic heterocycles. The average molecular weight is 267 g/mol. The van der Waals surface area contributed by atoms with Gasteiger partial charge in [0.2, 0.25) is 5.91 Å². The number of nitrogens with zero attached hydrogens (tertiary/aromatic N) is 1. The molecule has 0 bridgehead atoms. The predicted octanol–water partition coefficient (Wildman–Crippen LogP) is 1.50. The third-order valence-corrected chi connectivity index (χ3v) is 5.12. The molecule has 0 radical (unpaired) electrons. The lowest BCUT2D eigenvalue weighted by Gasteiger charge is -2.39. The molecule has 0 spiro atoms. The van der Waals surface area contributed by atoms with Crippen LogP contribution in [0.2, 0.25) is 0 Å². The van der Waals surface area contributed by atoms with Crippen molar-refractivity contribution in [3.05, 3.63) is 0 Å². The molecule has 19 heavy (non-hydrogen) atoms. The summed E-state index contributed by atoms with van der Waals surface area (Å²) in [6.07, 6.45) is 8.87.